The van der Waals surface area contributed by atoms with Crippen molar-refractivity contribution in [2.24, 2.45) is 5.92 Å². The molecule has 0 spiro atoms. The second kappa shape index (κ2) is 6.37. The first-order chi connectivity index (χ1) is 11.4. The summed E-state index contributed by atoms with van der Waals surface area (Å²) >= 11 is 2.58. The van der Waals surface area contributed by atoms with E-state index in [-0.39, 0.29) is 23.3 Å². The summed E-state index contributed by atoms with van der Waals surface area (Å²) in [4.78, 5) is 26.8. The van der Waals surface area contributed by atoms with Crippen LogP contribution in [0.1, 0.15) is 19.8 Å². The van der Waals surface area contributed by atoms with Crippen LogP contribution in [0.15, 0.2) is 22.5 Å². The van der Waals surface area contributed by atoms with Gasteiger partial charge in [0, 0.05) is 12.1 Å². The zero-order valence-electron chi connectivity index (χ0n) is 12.8. The van der Waals surface area contributed by atoms with Gasteiger partial charge in [0.25, 0.3) is 5.69 Å². The van der Waals surface area contributed by atoms with Gasteiger partial charge in [0.2, 0.25) is 5.91 Å². The molecule has 1 amide bonds. The molecule has 0 bridgehead atoms. The van der Waals surface area contributed by atoms with Crippen molar-refractivity contribution in [1.29, 1.82) is 5.26 Å². The van der Waals surface area contributed by atoms with Crippen LogP contribution < -0.4 is 5.32 Å². The third kappa shape index (κ3) is 3.49. The smallest absolute Gasteiger partial charge is 0.270 e. The molecule has 0 radical (unpaired) electrons. The number of nitrogens with one attached hydrogen (secondary N) is 1. The molecule has 1 atom stereocenters. The van der Waals surface area contributed by atoms with Gasteiger partial charge in [0.15, 0.2) is 4.34 Å². The molecule has 2 aromatic rings. The van der Waals surface area contributed by atoms with E-state index in [1.165, 1.54) is 35.2 Å². The summed E-state index contributed by atoms with van der Waals surface area (Å²) in [6.45, 7) is 1.75. The van der Waals surface area contributed by atoms with Gasteiger partial charge in [-0.05, 0) is 31.7 Å². The molecule has 1 aromatic carbocycles. The highest BCUT2D eigenvalue weighted by Gasteiger charge is 2.42. The fraction of sp³-hybridized carbons (Fsp3) is 0.400. The highest BCUT2D eigenvalue weighted by molar-refractivity contribution is 8.01. The van der Waals surface area contributed by atoms with Crippen molar-refractivity contribution < 1.29 is 9.72 Å². The van der Waals surface area contributed by atoms with E-state index >= 15 is 0 Å². The fourth-order valence-corrected chi connectivity index (χ4v) is 4.30. The first kappa shape index (κ1) is 16.7. The minimum absolute atomic E-state index is 0.0228. The molecule has 1 heterocycles. The molecule has 1 aromatic heterocycles. The average molecular weight is 362 g/mol. The second-order valence-electron chi connectivity index (χ2n) is 5.81. The highest BCUT2D eigenvalue weighted by Crippen LogP contribution is 2.39. The van der Waals surface area contributed by atoms with Crippen molar-refractivity contribution in [2.45, 2.75) is 29.6 Å². The number of carbonyl (C=O) groups is 1. The molecule has 124 valence electrons. The molecule has 0 unspecified atom stereocenters. The topological polar surface area (TPSA) is 109 Å². The lowest BCUT2D eigenvalue weighted by Crippen LogP contribution is -2.47. The number of fused-ring (bicyclic) bond motifs is 1. The SMILES string of the molecule is C[C@@](C#N)(NC(=O)CSc1nc2ccc([N+](=O)[O-])cc2s1)C1CC1. The molecular formula is C15H14N4O3S2. The monoisotopic (exact) mass is 362 g/mol. The molecule has 1 aliphatic rings. The number of nitriles is 1. The fourth-order valence-electron chi connectivity index (χ4n) is 2.40. The van der Waals surface area contributed by atoms with Crippen LogP contribution in [0.4, 0.5) is 5.69 Å². The number of thiazole rings is 1. The summed E-state index contributed by atoms with van der Waals surface area (Å²) in [5, 5.41) is 22.9. The van der Waals surface area contributed by atoms with Crippen LogP contribution in [0.25, 0.3) is 10.2 Å². The van der Waals surface area contributed by atoms with Gasteiger partial charge < -0.3 is 5.32 Å². The molecule has 24 heavy (non-hydrogen) atoms. The van der Waals surface area contributed by atoms with E-state index in [4.69, 9.17) is 0 Å². The van der Waals surface area contributed by atoms with Gasteiger partial charge in [-0.3, -0.25) is 14.9 Å². The maximum absolute atomic E-state index is 12.1. The van der Waals surface area contributed by atoms with Crippen LogP contribution in [0.5, 0.6) is 0 Å². The molecule has 0 saturated heterocycles. The van der Waals surface area contributed by atoms with Crippen LogP contribution >= 0.6 is 23.1 Å². The van der Waals surface area contributed by atoms with Crippen LogP contribution in [-0.2, 0) is 4.79 Å². The molecule has 1 aliphatic carbocycles. The minimum atomic E-state index is -0.800. The van der Waals surface area contributed by atoms with Crippen LogP contribution in [-0.4, -0.2) is 27.1 Å². The Labute approximate surface area is 146 Å². The van der Waals surface area contributed by atoms with E-state index in [9.17, 15) is 20.2 Å². The number of non-ortho nitro benzene ring substituents is 1. The van der Waals surface area contributed by atoms with Crippen LogP contribution in [0.3, 0.4) is 0 Å². The average Bonchev–Trinajstić information content (AvgIpc) is 3.33. The van der Waals surface area contributed by atoms with E-state index < -0.39 is 10.5 Å². The molecule has 1 saturated carbocycles. The standard InChI is InChI=1S/C15H14N4O3S2/c1-15(8-16,9-2-3-9)18-13(20)7-23-14-17-11-5-4-10(19(21)22)6-12(11)24-14/h4-6,9H,2-3,7H2,1H3,(H,18,20)/t15-/m0/s1. The van der Waals surface area contributed by atoms with Crippen molar-refractivity contribution in [2.75, 3.05) is 5.75 Å². The number of rotatable bonds is 6. The summed E-state index contributed by atoms with van der Waals surface area (Å²) in [5.41, 5.74) is -0.103. The van der Waals surface area contributed by atoms with Crippen molar-refractivity contribution in [3.8, 4) is 6.07 Å². The predicted octanol–water partition coefficient (Wildman–Crippen LogP) is 3.11. The molecular weight excluding hydrogens is 348 g/mol. The Kier molecular flexibility index (Phi) is 4.43. The van der Waals surface area contributed by atoms with Gasteiger partial charge in [-0.15, -0.1) is 11.3 Å². The summed E-state index contributed by atoms with van der Waals surface area (Å²) in [6.07, 6.45) is 1.93. The Balaban J connectivity index is 1.64. The number of benzene rings is 1. The number of hydrogen-bond donors (Lipinski definition) is 1. The summed E-state index contributed by atoms with van der Waals surface area (Å²) < 4.78 is 1.39. The first-order valence-corrected chi connectivity index (χ1v) is 9.11. The van der Waals surface area contributed by atoms with Crippen molar-refractivity contribution in [3.63, 3.8) is 0 Å². The minimum Gasteiger partial charge on any atom is -0.337 e. The molecule has 7 nitrogen and oxygen atoms in total. The number of aromatic nitrogens is 1. The number of carbonyl (C=O) groups excluding carboxylic acids is 1. The number of thioether (sulfide) groups is 1. The van der Waals surface area contributed by atoms with Crippen LogP contribution in [0.2, 0.25) is 0 Å². The largest absolute Gasteiger partial charge is 0.337 e. The third-order valence-electron chi connectivity index (χ3n) is 3.92. The maximum atomic E-state index is 12.1. The van der Waals surface area contributed by atoms with E-state index in [1.54, 1.807) is 13.0 Å². The molecule has 3 rings (SSSR count). The molecule has 1 N–H and O–H groups in total. The van der Waals surface area contributed by atoms with Gasteiger partial charge in [-0.2, -0.15) is 5.26 Å². The second-order valence-corrected chi connectivity index (χ2v) is 8.07. The summed E-state index contributed by atoms with van der Waals surface area (Å²) in [7, 11) is 0. The number of nitro groups is 1. The Hall–Kier alpha value is -2.18. The lowest BCUT2D eigenvalue weighted by Gasteiger charge is -2.22. The quantitative estimate of drug-likeness (QED) is 0.480. The number of hydrogen-bond acceptors (Lipinski definition) is 7. The number of nitrogens with zero attached hydrogens (tertiary/aromatic N) is 3. The maximum Gasteiger partial charge on any atom is 0.270 e. The van der Waals surface area contributed by atoms with Gasteiger partial charge in [0.1, 0.15) is 5.54 Å². The summed E-state index contributed by atoms with van der Waals surface area (Å²) in [6, 6.07) is 6.69. The lowest BCUT2D eigenvalue weighted by molar-refractivity contribution is -0.384. The first-order valence-electron chi connectivity index (χ1n) is 7.31. The van der Waals surface area contributed by atoms with E-state index in [1.807, 2.05) is 0 Å². The van der Waals surface area contributed by atoms with E-state index in [2.05, 4.69) is 16.4 Å². The molecule has 1 fully saturated rings. The Morgan fingerprint density at radius 2 is 2.38 bits per heavy atom. The number of nitro benzene ring substituents is 1. The van der Waals surface area contributed by atoms with Gasteiger partial charge >= 0.3 is 0 Å². The zero-order chi connectivity index (χ0) is 17.3. The Morgan fingerprint density at radius 3 is 3.00 bits per heavy atom. The normalized spacial score (nSPS) is 16.3. The summed E-state index contributed by atoms with van der Waals surface area (Å²) in [5.74, 6) is 0.187. The van der Waals surface area contributed by atoms with E-state index in [0.717, 1.165) is 12.8 Å². The van der Waals surface area contributed by atoms with Crippen LogP contribution in [0, 0.1) is 27.4 Å². The van der Waals surface area contributed by atoms with Crippen molar-refractivity contribution >= 4 is 44.9 Å². The Morgan fingerprint density at radius 1 is 1.62 bits per heavy atom. The third-order valence-corrected chi connectivity index (χ3v) is 6.08. The molecule has 9 heteroatoms. The van der Waals surface area contributed by atoms with Gasteiger partial charge in [-0.1, -0.05) is 11.8 Å². The zero-order valence-corrected chi connectivity index (χ0v) is 14.4. The predicted molar refractivity (Wildman–Crippen MR) is 91.9 cm³/mol. The van der Waals surface area contributed by atoms with Gasteiger partial charge in [-0.25, -0.2) is 4.98 Å². The lowest BCUT2D eigenvalue weighted by atomic mass is 9.98. The number of amides is 1. The molecule has 0 aliphatic heterocycles. The Bertz CT molecular complexity index is 856. The van der Waals surface area contributed by atoms with E-state index in [0.29, 0.717) is 14.6 Å². The highest BCUT2D eigenvalue weighted by atomic mass is 32.2. The van der Waals surface area contributed by atoms with Gasteiger partial charge in [0.05, 0.1) is 27.0 Å². The van der Waals surface area contributed by atoms with Crippen molar-refractivity contribution in [1.82, 2.24) is 10.3 Å². The van der Waals surface area contributed by atoms with Crippen molar-refractivity contribution in [3.05, 3.63) is 28.3 Å².